The fourth-order valence-corrected chi connectivity index (χ4v) is 3.12. The first-order valence-corrected chi connectivity index (χ1v) is 9.12. The van der Waals surface area contributed by atoms with Gasteiger partial charge in [-0.2, -0.15) is 10.1 Å². The first-order valence-electron chi connectivity index (χ1n) is 9.12. The van der Waals surface area contributed by atoms with Crippen LogP contribution in [-0.2, 0) is 18.3 Å². The fourth-order valence-electron chi connectivity index (χ4n) is 3.12. The lowest BCUT2D eigenvalue weighted by atomic mass is 10.1. The van der Waals surface area contributed by atoms with Gasteiger partial charge in [-0.3, -0.25) is 9.48 Å². The molecular formula is C20H25N5O2. The lowest BCUT2D eigenvalue weighted by molar-refractivity contribution is -0.121. The number of rotatable bonds is 7. The van der Waals surface area contributed by atoms with Crippen LogP contribution >= 0.6 is 0 Å². The van der Waals surface area contributed by atoms with Gasteiger partial charge in [-0.1, -0.05) is 29.4 Å². The Balaban J connectivity index is 1.49. The summed E-state index contributed by atoms with van der Waals surface area (Å²) in [6.07, 6.45) is 3.57. The molecule has 2 heterocycles. The fraction of sp³-hybridized carbons (Fsp3) is 0.400. The summed E-state index contributed by atoms with van der Waals surface area (Å²) >= 11 is 0. The van der Waals surface area contributed by atoms with Crippen LogP contribution in [0.1, 0.15) is 48.5 Å². The topological polar surface area (TPSA) is 85.8 Å². The molecule has 3 rings (SSSR count). The quantitative estimate of drug-likeness (QED) is 0.692. The van der Waals surface area contributed by atoms with E-state index in [0.717, 1.165) is 22.4 Å². The maximum absolute atomic E-state index is 12.2. The van der Waals surface area contributed by atoms with Gasteiger partial charge in [0, 0.05) is 37.2 Å². The summed E-state index contributed by atoms with van der Waals surface area (Å²) in [6, 6.07) is 7.85. The molecule has 142 valence electrons. The molecule has 7 nitrogen and oxygen atoms in total. The minimum Gasteiger partial charge on any atom is -0.349 e. The van der Waals surface area contributed by atoms with Crippen molar-refractivity contribution in [1.82, 2.24) is 25.2 Å². The van der Waals surface area contributed by atoms with Crippen LogP contribution in [0.4, 0.5) is 0 Å². The van der Waals surface area contributed by atoms with Crippen LogP contribution in [0.5, 0.6) is 0 Å². The molecule has 3 aromatic rings. The highest BCUT2D eigenvalue weighted by Gasteiger charge is 2.15. The number of carbonyl (C=O) groups excluding carboxylic acids is 1. The van der Waals surface area contributed by atoms with E-state index in [9.17, 15) is 4.79 Å². The molecule has 0 bridgehead atoms. The standard InChI is InChI=1S/C20H25N5O2/c1-13-8-5-6-9-16(13)20-22-19(27-24-20)11-7-10-18(26)21-14(2)17-12-25(4)23-15(17)3/h5-6,8-9,12,14H,7,10-11H2,1-4H3,(H,21,26). The normalized spacial score (nSPS) is 12.1. The average molecular weight is 367 g/mol. The zero-order valence-corrected chi connectivity index (χ0v) is 16.2. The summed E-state index contributed by atoms with van der Waals surface area (Å²) in [7, 11) is 1.88. The highest BCUT2D eigenvalue weighted by Crippen LogP contribution is 2.20. The molecule has 0 spiro atoms. The second kappa shape index (κ2) is 8.16. The van der Waals surface area contributed by atoms with Gasteiger partial charge in [0.2, 0.25) is 17.6 Å². The van der Waals surface area contributed by atoms with E-state index in [4.69, 9.17) is 4.52 Å². The molecule has 1 unspecified atom stereocenters. The van der Waals surface area contributed by atoms with Crippen molar-refractivity contribution in [3.05, 3.63) is 53.2 Å². The SMILES string of the molecule is Cc1ccccc1-c1noc(CCCC(=O)NC(C)c2cn(C)nc2C)n1. The van der Waals surface area contributed by atoms with Crippen molar-refractivity contribution in [2.24, 2.45) is 7.05 Å². The van der Waals surface area contributed by atoms with Gasteiger partial charge in [0.1, 0.15) is 0 Å². The molecule has 2 aromatic heterocycles. The van der Waals surface area contributed by atoms with Gasteiger partial charge in [-0.15, -0.1) is 0 Å². The molecule has 0 saturated heterocycles. The Morgan fingerprint density at radius 3 is 2.78 bits per heavy atom. The number of hydrogen-bond acceptors (Lipinski definition) is 5. The molecular weight excluding hydrogens is 342 g/mol. The van der Waals surface area contributed by atoms with Crippen molar-refractivity contribution in [2.75, 3.05) is 0 Å². The molecule has 0 aliphatic heterocycles. The number of nitrogens with one attached hydrogen (secondary N) is 1. The van der Waals surface area contributed by atoms with Gasteiger partial charge in [-0.25, -0.2) is 0 Å². The van der Waals surface area contributed by atoms with Crippen LogP contribution in [0.25, 0.3) is 11.4 Å². The van der Waals surface area contributed by atoms with E-state index in [0.29, 0.717) is 31.0 Å². The summed E-state index contributed by atoms with van der Waals surface area (Å²) < 4.78 is 7.08. The van der Waals surface area contributed by atoms with Crippen LogP contribution in [0.3, 0.4) is 0 Å². The first kappa shape index (κ1) is 18.8. The number of nitrogens with zero attached hydrogens (tertiary/aromatic N) is 4. The predicted molar refractivity (Wildman–Crippen MR) is 102 cm³/mol. The molecule has 0 saturated carbocycles. The van der Waals surface area contributed by atoms with E-state index in [-0.39, 0.29) is 11.9 Å². The number of amides is 1. The Kier molecular flexibility index (Phi) is 5.69. The van der Waals surface area contributed by atoms with Gasteiger partial charge < -0.3 is 9.84 Å². The maximum atomic E-state index is 12.2. The number of carbonyl (C=O) groups is 1. The second-order valence-corrected chi connectivity index (χ2v) is 6.81. The Labute approximate surface area is 158 Å². The summed E-state index contributed by atoms with van der Waals surface area (Å²) in [4.78, 5) is 16.6. The summed E-state index contributed by atoms with van der Waals surface area (Å²) in [5.74, 6) is 1.15. The number of hydrogen-bond donors (Lipinski definition) is 1. The highest BCUT2D eigenvalue weighted by molar-refractivity contribution is 5.76. The van der Waals surface area contributed by atoms with E-state index in [1.54, 1.807) is 4.68 Å². The molecule has 1 atom stereocenters. The molecule has 7 heteroatoms. The van der Waals surface area contributed by atoms with Gasteiger partial charge in [0.15, 0.2) is 0 Å². The maximum Gasteiger partial charge on any atom is 0.226 e. The smallest absolute Gasteiger partial charge is 0.226 e. The molecule has 1 N–H and O–H groups in total. The third-order valence-electron chi connectivity index (χ3n) is 4.54. The molecule has 0 aliphatic carbocycles. The minimum atomic E-state index is -0.0673. The van der Waals surface area contributed by atoms with Crippen LogP contribution in [-0.4, -0.2) is 25.8 Å². The van der Waals surface area contributed by atoms with Gasteiger partial charge >= 0.3 is 0 Å². The van der Waals surface area contributed by atoms with E-state index in [1.165, 1.54) is 0 Å². The zero-order chi connectivity index (χ0) is 19.4. The number of benzene rings is 1. The number of aryl methyl sites for hydroxylation is 4. The largest absolute Gasteiger partial charge is 0.349 e. The van der Waals surface area contributed by atoms with E-state index < -0.39 is 0 Å². The molecule has 0 radical (unpaired) electrons. The Hall–Kier alpha value is -2.96. The van der Waals surface area contributed by atoms with Gasteiger partial charge in [-0.05, 0) is 32.8 Å². The zero-order valence-electron chi connectivity index (χ0n) is 16.2. The van der Waals surface area contributed by atoms with Crippen molar-refractivity contribution in [1.29, 1.82) is 0 Å². The Morgan fingerprint density at radius 1 is 1.30 bits per heavy atom. The van der Waals surface area contributed by atoms with Gasteiger partial charge in [0.25, 0.3) is 0 Å². The molecule has 1 aromatic carbocycles. The lowest BCUT2D eigenvalue weighted by Crippen LogP contribution is -2.26. The Morgan fingerprint density at radius 2 is 2.07 bits per heavy atom. The van der Waals surface area contributed by atoms with E-state index >= 15 is 0 Å². The molecule has 0 fully saturated rings. The van der Waals surface area contributed by atoms with E-state index in [2.05, 4.69) is 20.6 Å². The summed E-state index contributed by atoms with van der Waals surface area (Å²) in [6.45, 7) is 5.93. The summed E-state index contributed by atoms with van der Waals surface area (Å²) in [5, 5.41) is 11.4. The monoisotopic (exact) mass is 367 g/mol. The van der Waals surface area contributed by atoms with Crippen LogP contribution < -0.4 is 5.32 Å². The minimum absolute atomic E-state index is 0.00407. The van der Waals surface area contributed by atoms with Gasteiger partial charge in [0.05, 0.1) is 11.7 Å². The van der Waals surface area contributed by atoms with Crippen molar-refractivity contribution >= 4 is 5.91 Å². The van der Waals surface area contributed by atoms with Crippen LogP contribution in [0.2, 0.25) is 0 Å². The van der Waals surface area contributed by atoms with Crippen LogP contribution in [0.15, 0.2) is 35.0 Å². The molecule has 27 heavy (non-hydrogen) atoms. The van der Waals surface area contributed by atoms with Crippen molar-refractivity contribution in [2.45, 2.75) is 46.1 Å². The number of aromatic nitrogens is 4. The van der Waals surface area contributed by atoms with Crippen LogP contribution in [0, 0.1) is 13.8 Å². The Bertz CT molecular complexity index is 928. The molecule has 1 amide bonds. The lowest BCUT2D eigenvalue weighted by Gasteiger charge is -2.12. The predicted octanol–water partition coefficient (Wildman–Crippen LogP) is 3.29. The average Bonchev–Trinajstić information content (AvgIpc) is 3.21. The first-order chi connectivity index (χ1) is 12.9. The van der Waals surface area contributed by atoms with Crippen molar-refractivity contribution < 1.29 is 9.32 Å². The second-order valence-electron chi connectivity index (χ2n) is 6.81. The third kappa shape index (κ3) is 4.61. The summed E-state index contributed by atoms with van der Waals surface area (Å²) in [5.41, 5.74) is 4.03. The van der Waals surface area contributed by atoms with E-state index in [1.807, 2.05) is 58.3 Å². The third-order valence-corrected chi connectivity index (χ3v) is 4.54. The highest BCUT2D eigenvalue weighted by atomic mass is 16.5. The van der Waals surface area contributed by atoms with Crippen molar-refractivity contribution in [3.63, 3.8) is 0 Å². The van der Waals surface area contributed by atoms with Crippen molar-refractivity contribution in [3.8, 4) is 11.4 Å². The molecule has 0 aliphatic rings.